The number of aliphatic carboxylic acids is 1. The Kier molecular flexibility index (Phi) is 10.0. The van der Waals surface area contributed by atoms with Gasteiger partial charge in [0.05, 0.1) is 12.6 Å². The van der Waals surface area contributed by atoms with Crippen LogP contribution in [0.1, 0.15) is 27.2 Å². The van der Waals surface area contributed by atoms with Crippen molar-refractivity contribution >= 4 is 36.3 Å². The van der Waals surface area contributed by atoms with Crippen molar-refractivity contribution in [3.63, 3.8) is 0 Å². The first-order valence-electron chi connectivity index (χ1n) is 7.55. The summed E-state index contributed by atoms with van der Waals surface area (Å²) >= 11 is 3.81. The standard InChI is InChI=1S/C14H26N4O5S/c1-7(2)4-9(15)13(21)17-8(3)12(20)16-5-11(19)18-10(6-24)14(22)23/h7-10,24H,4-6,15H2,1-3H3,(H,16,20)(H,17,21)(H,18,19)(H,22,23). The zero-order valence-corrected chi connectivity index (χ0v) is 14.9. The molecule has 0 aromatic heterocycles. The first kappa shape index (κ1) is 22.2. The average Bonchev–Trinajstić information content (AvgIpc) is 2.48. The summed E-state index contributed by atoms with van der Waals surface area (Å²) in [5.74, 6) is -2.74. The van der Waals surface area contributed by atoms with E-state index in [9.17, 15) is 19.2 Å². The number of thiol groups is 1. The topological polar surface area (TPSA) is 151 Å². The largest absolute Gasteiger partial charge is 0.480 e. The van der Waals surface area contributed by atoms with E-state index in [4.69, 9.17) is 10.8 Å². The Morgan fingerprint density at radius 2 is 1.67 bits per heavy atom. The van der Waals surface area contributed by atoms with Crippen LogP contribution >= 0.6 is 12.6 Å². The fourth-order valence-corrected chi connectivity index (χ4v) is 2.00. The zero-order chi connectivity index (χ0) is 18.9. The van der Waals surface area contributed by atoms with Gasteiger partial charge in [-0.25, -0.2) is 4.79 Å². The van der Waals surface area contributed by atoms with Crippen LogP contribution < -0.4 is 21.7 Å². The molecule has 138 valence electrons. The molecule has 0 aliphatic carbocycles. The lowest BCUT2D eigenvalue weighted by Crippen LogP contribution is -2.52. The van der Waals surface area contributed by atoms with Crippen molar-refractivity contribution < 1.29 is 24.3 Å². The molecule has 0 aliphatic rings. The lowest BCUT2D eigenvalue weighted by Gasteiger charge is -2.18. The predicted octanol–water partition coefficient (Wildman–Crippen LogP) is -1.52. The van der Waals surface area contributed by atoms with Gasteiger partial charge in [0.25, 0.3) is 0 Å². The molecule has 0 saturated carbocycles. The second-order valence-electron chi connectivity index (χ2n) is 5.83. The van der Waals surface area contributed by atoms with Gasteiger partial charge in [0.15, 0.2) is 0 Å². The van der Waals surface area contributed by atoms with Gasteiger partial charge in [0.2, 0.25) is 17.7 Å². The van der Waals surface area contributed by atoms with Crippen LogP contribution in [0.15, 0.2) is 0 Å². The summed E-state index contributed by atoms with van der Waals surface area (Å²) in [6.45, 7) is 4.91. The molecule has 0 heterocycles. The lowest BCUT2D eigenvalue weighted by molar-refractivity contribution is -0.141. The third-order valence-electron chi connectivity index (χ3n) is 3.05. The summed E-state index contributed by atoms with van der Waals surface area (Å²) in [6.07, 6.45) is 0.489. The maximum Gasteiger partial charge on any atom is 0.327 e. The van der Waals surface area contributed by atoms with Gasteiger partial charge in [0, 0.05) is 5.75 Å². The Hall–Kier alpha value is -1.81. The number of nitrogens with one attached hydrogen (secondary N) is 3. The minimum absolute atomic E-state index is 0.0742. The molecule has 0 aromatic rings. The first-order valence-corrected chi connectivity index (χ1v) is 8.18. The molecule has 0 spiro atoms. The Morgan fingerprint density at radius 3 is 2.12 bits per heavy atom. The summed E-state index contributed by atoms with van der Waals surface area (Å²) in [6, 6.07) is -2.72. The van der Waals surface area contributed by atoms with Crippen molar-refractivity contribution in [3.8, 4) is 0 Å². The van der Waals surface area contributed by atoms with Crippen molar-refractivity contribution in [2.45, 2.75) is 45.3 Å². The van der Waals surface area contributed by atoms with E-state index in [0.717, 1.165) is 0 Å². The molecule has 24 heavy (non-hydrogen) atoms. The highest BCUT2D eigenvalue weighted by Gasteiger charge is 2.22. The molecular weight excluding hydrogens is 336 g/mol. The quantitative estimate of drug-likeness (QED) is 0.260. The second kappa shape index (κ2) is 10.9. The third-order valence-corrected chi connectivity index (χ3v) is 3.42. The fourth-order valence-electron chi connectivity index (χ4n) is 1.75. The number of carboxylic acids is 1. The summed E-state index contributed by atoms with van der Waals surface area (Å²) < 4.78 is 0. The van der Waals surface area contributed by atoms with E-state index in [-0.39, 0.29) is 11.7 Å². The minimum Gasteiger partial charge on any atom is -0.480 e. The monoisotopic (exact) mass is 362 g/mol. The van der Waals surface area contributed by atoms with Crippen molar-refractivity contribution in [3.05, 3.63) is 0 Å². The summed E-state index contributed by atoms with van der Waals surface area (Å²) in [4.78, 5) is 46.0. The summed E-state index contributed by atoms with van der Waals surface area (Å²) in [5.41, 5.74) is 5.72. The smallest absolute Gasteiger partial charge is 0.327 e. The van der Waals surface area contributed by atoms with E-state index in [1.807, 2.05) is 13.8 Å². The van der Waals surface area contributed by atoms with Gasteiger partial charge in [0.1, 0.15) is 12.1 Å². The number of hydrogen-bond acceptors (Lipinski definition) is 6. The van der Waals surface area contributed by atoms with E-state index in [0.29, 0.717) is 6.42 Å². The number of carbonyl (C=O) groups is 4. The van der Waals surface area contributed by atoms with E-state index in [1.165, 1.54) is 6.92 Å². The Morgan fingerprint density at radius 1 is 1.08 bits per heavy atom. The van der Waals surface area contributed by atoms with Crippen LogP contribution in [0.5, 0.6) is 0 Å². The maximum absolute atomic E-state index is 11.8. The van der Waals surface area contributed by atoms with Gasteiger partial charge in [-0.15, -0.1) is 0 Å². The van der Waals surface area contributed by atoms with Crippen molar-refractivity contribution in [2.75, 3.05) is 12.3 Å². The lowest BCUT2D eigenvalue weighted by atomic mass is 10.0. The van der Waals surface area contributed by atoms with E-state index >= 15 is 0 Å². The van der Waals surface area contributed by atoms with Crippen molar-refractivity contribution in [1.82, 2.24) is 16.0 Å². The van der Waals surface area contributed by atoms with Crippen LogP contribution in [-0.4, -0.2) is 59.2 Å². The van der Waals surface area contributed by atoms with Crippen LogP contribution in [0.4, 0.5) is 0 Å². The molecule has 0 aromatic carbocycles. The highest BCUT2D eigenvalue weighted by molar-refractivity contribution is 7.80. The normalized spacial score (nSPS) is 14.4. The van der Waals surface area contributed by atoms with Crippen molar-refractivity contribution in [2.24, 2.45) is 11.7 Å². The Labute approximate surface area is 146 Å². The maximum atomic E-state index is 11.8. The van der Waals surface area contributed by atoms with Crippen LogP contribution in [0, 0.1) is 5.92 Å². The Balaban J connectivity index is 4.29. The number of nitrogens with two attached hydrogens (primary N) is 1. The van der Waals surface area contributed by atoms with Crippen LogP contribution in [0.2, 0.25) is 0 Å². The number of rotatable bonds is 10. The van der Waals surface area contributed by atoms with Gasteiger partial charge >= 0.3 is 5.97 Å². The molecule has 3 unspecified atom stereocenters. The molecule has 3 atom stereocenters. The first-order chi connectivity index (χ1) is 11.1. The van der Waals surface area contributed by atoms with Gasteiger partial charge in [-0.05, 0) is 19.3 Å². The molecule has 3 amide bonds. The summed E-state index contributed by atoms with van der Waals surface area (Å²) in [7, 11) is 0. The molecular formula is C14H26N4O5S. The zero-order valence-electron chi connectivity index (χ0n) is 14.0. The van der Waals surface area contributed by atoms with Gasteiger partial charge < -0.3 is 26.8 Å². The molecule has 0 saturated heterocycles. The van der Waals surface area contributed by atoms with E-state index < -0.39 is 48.4 Å². The van der Waals surface area contributed by atoms with Crippen LogP contribution in [0.25, 0.3) is 0 Å². The highest BCUT2D eigenvalue weighted by Crippen LogP contribution is 2.02. The fraction of sp³-hybridized carbons (Fsp3) is 0.714. The SMILES string of the molecule is CC(C)CC(N)C(=O)NC(C)C(=O)NCC(=O)NC(CS)C(=O)O. The highest BCUT2D eigenvalue weighted by atomic mass is 32.1. The summed E-state index contributed by atoms with van der Waals surface area (Å²) in [5, 5.41) is 15.8. The number of carbonyl (C=O) groups excluding carboxylic acids is 3. The predicted molar refractivity (Wildman–Crippen MR) is 91.5 cm³/mol. The number of amides is 3. The molecule has 0 aliphatic heterocycles. The van der Waals surface area contributed by atoms with Crippen molar-refractivity contribution in [1.29, 1.82) is 0 Å². The van der Waals surface area contributed by atoms with Crippen LogP contribution in [0.3, 0.4) is 0 Å². The van der Waals surface area contributed by atoms with E-state index in [2.05, 4.69) is 28.6 Å². The van der Waals surface area contributed by atoms with Gasteiger partial charge in [-0.3, -0.25) is 14.4 Å². The molecule has 6 N–H and O–H groups in total. The molecule has 0 bridgehead atoms. The minimum atomic E-state index is -1.22. The van der Waals surface area contributed by atoms with Gasteiger partial charge in [-0.2, -0.15) is 12.6 Å². The van der Waals surface area contributed by atoms with E-state index in [1.54, 1.807) is 0 Å². The molecule has 0 rings (SSSR count). The van der Waals surface area contributed by atoms with Crippen LogP contribution in [-0.2, 0) is 19.2 Å². The molecule has 10 heteroatoms. The Bertz CT molecular complexity index is 472. The molecule has 0 fully saturated rings. The molecule has 0 radical (unpaired) electrons. The number of carboxylic acid groups (broad SMARTS) is 1. The molecule has 9 nitrogen and oxygen atoms in total. The number of hydrogen-bond donors (Lipinski definition) is 6. The second-order valence-corrected chi connectivity index (χ2v) is 6.19. The average molecular weight is 362 g/mol. The van der Waals surface area contributed by atoms with Gasteiger partial charge in [-0.1, -0.05) is 13.8 Å². The third kappa shape index (κ3) is 8.73.